The Hall–Kier alpha value is 0.110. The summed E-state index contributed by atoms with van der Waals surface area (Å²) in [6.45, 7) is 0. The molecule has 0 amide bonds. The van der Waals surface area contributed by atoms with Crippen molar-refractivity contribution in [1.29, 1.82) is 0 Å². The third-order valence-electron chi connectivity index (χ3n) is 1.68. The van der Waals surface area contributed by atoms with Crippen LogP contribution in [0.25, 0.3) is 0 Å². The lowest BCUT2D eigenvalue weighted by Gasteiger charge is -2.25. The summed E-state index contributed by atoms with van der Waals surface area (Å²) in [4.78, 5) is 0. The molecule has 0 bridgehead atoms. The molecular formula is C6H12ClF2N. The zero-order chi connectivity index (χ0) is 6.91. The molecule has 0 radical (unpaired) electrons. The van der Waals surface area contributed by atoms with E-state index in [1.54, 1.807) is 0 Å². The van der Waals surface area contributed by atoms with Gasteiger partial charge < -0.3 is 5.73 Å². The summed E-state index contributed by atoms with van der Waals surface area (Å²) in [5.74, 6) is -2.47. The normalized spacial score (nSPS) is 30.9. The molecule has 0 aromatic carbocycles. The van der Waals surface area contributed by atoms with Gasteiger partial charge >= 0.3 is 0 Å². The van der Waals surface area contributed by atoms with Gasteiger partial charge in [0.1, 0.15) is 0 Å². The molecule has 0 unspecified atom stereocenters. The smallest absolute Gasteiger partial charge is 0.249 e. The molecule has 2 N–H and O–H groups in total. The number of hydrogen-bond donors (Lipinski definition) is 1. The molecule has 0 heterocycles. The van der Waals surface area contributed by atoms with E-state index in [-0.39, 0.29) is 31.3 Å². The number of nitrogens with two attached hydrogens (primary N) is 1. The SMILES string of the molecule is Cl.N[C@H]1CCCC(F)(F)C1. The van der Waals surface area contributed by atoms with E-state index >= 15 is 0 Å². The van der Waals surface area contributed by atoms with Gasteiger partial charge in [0.2, 0.25) is 5.92 Å². The molecular weight excluding hydrogens is 160 g/mol. The Morgan fingerprint density at radius 2 is 2.00 bits per heavy atom. The first-order valence-corrected chi connectivity index (χ1v) is 3.23. The molecule has 1 saturated carbocycles. The first kappa shape index (κ1) is 10.1. The molecule has 1 fully saturated rings. The van der Waals surface area contributed by atoms with Crippen LogP contribution in [0, 0.1) is 0 Å². The summed E-state index contributed by atoms with van der Waals surface area (Å²) < 4.78 is 24.7. The van der Waals surface area contributed by atoms with Crippen LogP contribution in [0.3, 0.4) is 0 Å². The average molecular weight is 172 g/mol. The lowest BCUT2D eigenvalue weighted by atomic mass is 9.93. The van der Waals surface area contributed by atoms with Gasteiger partial charge in [-0.1, -0.05) is 0 Å². The van der Waals surface area contributed by atoms with Crippen LogP contribution < -0.4 is 5.73 Å². The van der Waals surface area contributed by atoms with E-state index in [1.807, 2.05) is 0 Å². The van der Waals surface area contributed by atoms with Crippen molar-refractivity contribution in [3.05, 3.63) is 0 Å². The van der Waals surface area contributed by atoms with E-state index in [4.69, 9.17) is 5.73 Å². The standard InChI is InChI=1S/C6H11F2N.ClH/c7-6(8)3-1-2-5(9)4-6;/h5H,1-4,9H2;1H/t5-;/m0./s1. The van der Waals surface area contributed by atoms with Gasteiger partial charge in [-0.15, -0.1) is 12.4 Å². The summed E-state index contributed by atoms with van der Waals surface area (Å²) >= 11 is 0. The van der Waals surface area contributed by atoms with Crippen molar-refractivity contribution in [3.8, 4) is 0 Å². The molecule has 1 atom stereocenters. The lowest BCUT2D eigenvalue weighted by molar-refractivity contribution is -0.0395. The molecule has 1 rings (SSSR count). The predicted molar refractivity (Wildman–Crippen MR) is 38.6 cm³/mol. The van der Waals surface area contributed by atoms with Crippen LogP contribution >= 0.6 is 12.4 Å². The lowest BCUT2D eigenvalue weighted by Crippen LogP contribution is -2.34. The second-order valence-corrected chi connectivity index (χ2v) is 2.71. The number of alkyl halides is 2. The fourth-order valence-corrected chi connectivity index (χ4v) is 1.21. The minimum Gasteiger partial charge on any atom is -0.327 e. The maximum atomic E-state index is 12.4. The summed E-state index contributed by atoms with van der Waals surface area (Å²) in [6.07, 6.45) is 1.25. The van der Waals surface area contributed by atoms with Crippen LogP contribution in [0.15, 0.2) is 0 Å². The van der Waals surface area contributed by atoms with Gasteiger partial charge in [-0.05, 0) is 12.8 Å². The zero-order valence-electron chi connectivity index (χ0n) is 5.65. The molecule has 4 heteroatoms. The highest BCUT2D eigenvalue weighted by Gasteiger charge is 2.34. The zero-order valence-corrected chi connectivity index (χ0v) is 6.46. The van der Waals surface area contributed by atoms with E-state index in [9.17, 15) is 8.78 Å². The van der Waals surface area contributed by atoms with Crippen molar-refractivity contribution in [2.45, 2.75) is 37.6 Å². The predicted octanol–water partition coefficient (Wildman–Crippen LogP) is 1.94. The van der Waals surface area contributed by atoms with E-state index in [0.717, 1.165) is 6.42 Å². The van der Waals surface area contributed by atoms with Crippen molar-refractivity contribution < 1.29 is 8.78 Å². The Labute approximate surface area is 65.4 Å². The highest BCUT2D eigenvalue weighted by molar-refractivity contribution is 5.85. The van der Waals surface area contributed by atoms with Crippen molar-refractivity contribution in [2.24, 2.45) is 5.73 Å². The van der Waals surface area contributed by atoms with Crippen molar-refractivity contribution in [3.63, 3.8) is 0 Å². The average Bonchev–Trinajstić information content (AvgIpc) is 1.60. The van der Waals surface area contributed by atoms with Gasteiger partial charge in [-0.25, -0.2) is 8.78 Å². The topological polar surface area (TPSA) is 26.0 Å². The first-order valence-electron chi connectivity index (χ1n) is 3.23. The van der Waals surface area contributed by atoms with Gasteiger partial charge in [0.05, 0.1) is 0 Å². The fourth-order valence-electron chi connectivity index (χ4n) is 1.21. The number of hydrogen-bond acceptors (Lipinski definition) is 1. The van der Waals surface area contributed by atoms with Crippen LogP contribution in [0.4, 0.5) is 8.78 Å². The molecule has 1 aliphatic rings. The van der Waals surface area contributed by atoms with Gasteiger partial charge in [0, 0.05) is 18.9 Å². The maximum absolute atomic E-state index is 12.4. The second-order valence-electron chi connectivity index (χ2n) is 2.71. The number of rotatable bonds is 0. The first-order chi connectivity index (χ1) is 4.10. The maximum Gasteiger partial charge on any atom is 0.249 e. The molecule has 0 saturated heterocycles. The molecule has 10 heavy (non-hydrogen) atoms. The van der Waals surface area contributed by atoms with E-state index in [0.29, 0.717) is 6.42 Å². The third-order valence-corrected chi connectivity index (χ3v) is 1.68. The molecule has 0 aliphatic heterocycles. The Bertz CT molecular complexity index is 108. The number of halogens is 3. The minimum atomic E-state index is -2.47. The highest BCUT2D eigenvalue weighted by atomic mass is 35.5. The molecule has 0 aromatic rings. The fraction of sp³-hybridized carbons (Fsp3) is 1.00. The van der Waals surface area contributed by atoms with Gasteiger partial charge in [-0.2, -0.15) is 0 Å². The van der Waals surface area contributed by atoms with Crippen molar-refractivity contribution >= 4 is 12.4 Å². The Morgan fingerprint density at radius 3 is 2.30 bits per heavy atom. The van der Waals surface area contributed by atoms with Gasteiger partial charge in [0.15, 0.2) is 0 Å². The van der Waals surface area contributed by atoms with E-state index in [2.05, 4.69) is 0 Å². The third kappa shape index (κ3) is 2.80. The van der Waals surface area contributed by atoms with Gasteiger partial charge in [-0.3, -0.25) is 0 Å². The Kier molecular flexibility index (Phi) is 3.52. The van der Waals surface area contributed by atoms with Crippen LogP contribution in [-0.2, 0) is 0 Å². The van der Waals surface area contributed by atoms with E-state index in [1.165, 1.54) is 0 Å². The summed E-state index contributed by atoms with van der Waals surface area (Å²) in [7, 11) is 0. The van der Waals surface area contributed by atoms with Crippen LogP contribution in [0.5, 0.6) is 0 Å². The van der Waals surface area contributed by atoms with Gasteiger partial charge in [0.25, 0.3) is 0 Å². The molecule has 0 aromatic heterocycles. The molecule has 0 spiro atoms. The van der Waals surface area contributed by atoms with Crippen molar-refractivity contribution in [1.82, 2.24) is 0 Å². The monoisotopic (exact) mass is 171 g/mol. The van der Waals surface area contributed by atoms with Crippen LogP contribution in [-0.4, -0.2) is 12.0 Å². The minimum absolute atomic E-state index is 0. The largest absolute Gasteiger partial charge is 0.327 e. The van der Waals surface area contributed by atoms with Crippen LogP contribution in [0.2, 0.25) is 0 Å². The summed E-state index contributed by atoms with van der Waals surface area (Å²) in [6, 6.07) is -0.270. The summed E-state index contributed by atoms with van der Waals surface area (Å²) in [5.41, 5.74) is 5.33. The summed E-state index contributed by atoms with van der Waals surface area (Å²) in [5, 5.41) is 0. The quantitative estimate of drug-likeness (QED) is 0.593. The molecule has 1 nitrogen and oxygen atoms in total. The van der Waals surface area contributed by atoms with Crippen LogP contribution in [0.1, 0.15) is 25.7 Å². The molecule has 1 aliphatic carbocycles. The molecule has 62 valence electrons. The second kappa shape index (κ2) is 3.49. The Morgan fingerprint density at radius 1 is 1.40 bits per heavy atom. The van der Waals surface area contributed by atoms with Crippen molar-refractivity contribution in [2.75, 3.05) is 0 Å². The Balaban J connectivity index is 0.000000810. The van der Waals surface area contributed by atoms with E-state index < -0.39 is 5.92 Å². The highest BCUT2D eigenvalue weighted by Crippen LogP contribution is 2.31.